The summed E-state index contributed by atoms with van der Waals surface area (Å²) >= 11 is 0. The first-order valence-corrected chi connectivity index (χ1v) is 10.3. The molecule has 3 aromatic rings. The number of carbonyl (C=O) groups excluding carboxylic acids is 1. The summed E-state index contributed by atoms with van der Waals surface area (Å²) in [7, 11) is 0. The van der Waals surface area contributed by atoms with Crippen LogP contribution in [-0.4, -0.2) is 51.6 Å². The average Bonchev–Trinajstić information content (AvgIpc) is 3.54. The third-order valence-electron chi connectivity index (χ3n) is 5.68. The summed E-state index contributed by atoms with van der Waals surface area (Å²) in [5, 5.41) is 16.5. The van der Waals surface area contributed by atoms with Gasteiger partial charge in [0.15, 0.2) is 5.65 Å². The maximum atomic E-state index is 12.0. The normalized spacial score (nSPS) is 17.1. The predicted octanol–water partition coefficient (Wildman–Crippen LogP) is 2.27. The molecule has 1 saturated heterocycles. The van der Waals surface area contributed by atoms with Gasteiger partial charge in [0.05, 0.1) is 11.6 Å². The lowest BCUT2D eigenvalue weighted by Crippen LogP contribution is -2.46. The van der Waals surface area contributed by atoms with Crippen molar-refractivity contribution >= 4 is 23.3 Å². The molecule has 2 fully saturated rings. The molecule has 0 atom stereocenters. The van der Waals surface area contributed by atoms with Crippen molar-refractivity contribution in [3.63, 3.8) is 0 Å². The molecule has 0 radical (unpaired) electrons. The Kier molecular flexibility index (Phi) is 4.81. The molecule has 2 aromatic heterocycles. The molecule has 1 aliphatic carbocycles. The first-order valence-electron chi connectivity index (χ1n) is 10.3. The number of rotatable bonds is 5. The summed E-state index contributed by atoms with van der Waals surface area (Å²) in [6.07, 6.45) is 1.91. The number of fused-ring (bicyclic) bond motifs is 1. The summed E-state index contributed by atoms with van der Waals surface area (Å²) in [4.78, 5) is 21.2. The van der Waals surface area contributed by atoms with E-state index >= 15 is 0 Å². The quantitative estimate of drug-likeness (QED) is 0.705. The zero-order valence-electron chi connectivity index (χ0n) is 16.7. The summed E-state index contributed by atoms with van der Waals surface area (Å²) in [6, 6.07) is 15.9. The Labute approximate surface area is 174 Å². The standard InChI is InChI=1S/C22H23N7O/c23-14-16-3-1-4-17(13-16)15-27-9-11-28(12-10-27)20-6-2-5-19-24-22(26-29(19)20)25-21(30)18-7-8-18/h1-6,13,18H,7-12,15H2,(H,25,26,30). The second kappa shape index (κ2) is 7.76. The van der Waals surface area contributed by atoms with Crippen LogP contribution in [0.1, 0.15) is 24.0 Å². The average molecular weight is 401 g/mol. The van der Waals surface area contributed by atoms with Crippen molar-refractivity contribution in [1.29, 1.82) is 5.26 Å². The fraction of sp³-hybridized carbons (Fsp3) is 0.364. The van der Waals surface area contributed by atoms with Gasteiger partial charge in [0.25, 0.3) is 0 Å². The number of nitrogens with one attached hydrogen (secondary N) is 1. The number of nitrogens with zero attached hydrogens (tertiary/aromatic N) is 6. The van der Waals surface area contributed by atoms with Gasteiger partial charge < -0.3 is 4.90 Å². The van der Waals surface area contributed by atoms with E-state index < -0.39 is 0 Å². The maximum absolute atomic E-state index is 12.0. The molecular formula is C22H23N7O. The molecule has 1 aliphatic heterocycles. The second-order valence-corrected chi connectivity index (χ2v) is 7.93. The first kappa shape index (κ1) is 18.6. The number of nitriles is 1. The van der Waals surface area contributed by atoms with Gasteiger partial charge in [-0.2, -0.15) is 14.8 Å². The minimum absolute atomic E-state index is 0.0153. The largest absolute Gasteiger partial charge is 0.354 e. The smallest absolute Gasteiger partial charge is 0.249 e. The van der Waals surface area contributed by atoms with E-state index in [1.54, 1.807) is 0 Å². The number of hydrogen-bond donors (Lipinski definition) is 1. The van der Waals surface area contributed by atoms with Crippen molar-refractivity contribution in [3.05, 3.63) is 53.6 Å². The number of benzene rings is 1. The van der Waals surface area contributed by atoms with Crippen LogP contribution in [-0.2, 0) is 11.3 Å². The number of amides is 1. The lowest BCUT2D eigenvalue weighted by atomic mass is 10.1. The van der Waals surface area contributed by atoms with Crippen molar-refractivity contribution in [1.82, 2.24) is 19.5 Å². The number of aromatic nitrogens is 3. The zero-order valence-corrected chi connectivity index (χ0v) is 16.7. The van der Waals surface area contributed by atoms with Crippen LogP contribution in [0, 0.1) is 17.2 Å². The van der Waals surface area contributed by atoms with Gasteiger partial charge in [-0.25, -0.2) is 0 Å². The molecular weight excluding hydrogens is 378 g/mol. The lowest BCUT2D eigenvalue weighted by molar-refractivity contribution is -0.117. The Bertz CT molecular complexity index is 1120. The molecule has 0 bridgehead atoms. The van der Waals surface area contributed by atoms with Gasteiger partial charge in [-0.05, 0) is 42.7 Å². The highest BCUT2D eigenvalue weighted by Gasteiger charge is 2.30. The van der Waals surface area contributed by atoms with Gasteiger partial charge in [-0.3, -0.25) is 15.0 Å². The molecule has 30 heavy (non-hydrogen) atoms. The topological polar surface area (TPSA) is 89.6 Å². The van der Waals surface area contributed by atoms with Crippen LogP contribution in [0.3, 0.4) is 0 Å². The van der Waals surface area contributed by atoms with Crippen LogP contribution in [0.2, 0.25) is 0 Å². The second-order valence-electron chi connectivity index (χ2n) is 7.93. The molecule has 1 N–H and O–H groups in total. The van der Waals surface area contributed by atoms with E-state index in [0.717, 1.165) is 62.6 Å². The van der Waals surface area contributed by atoms with Crippen LogP contribution in [0.15, 0.2) is 42.5 Å². The fourth-order valence-corrected chi connectivity index (χ4v) is 3.87. The predicted molar refractivity (Wildman–Crippen MR) is 113 cm³/mol. The molecule has 3 heterocycles. The maximum Gasteiger partial charge on any atom is 0.249 e. The number of anilines is 2. The molecule has 0 unspecified atom stereocenters. The number of pyridine rings is 1. The van der Waals surface area contributed by atoms with Gasteiger partial charge in [-0.15, -0.1) is 5.10 Å². The minimum Gasteiger partial charge on any atom is -0.354 e. The Hall–Kier alpha value is -3.44. The Balaban J connectivity index is 1.26. The molecule has 5 rings (SSSR count). The van der Waals surface area contributed by atoms with E-state index in [0.29, 0.717) is 11.5 Å². The summed E-state index contributed by atoms with van der Waals surface area (Å²) in [5.41, 5.74) is 2.60. The SMILES string of the molecule is N#Cc1cccc(CN2CCN(c3cccc4nc(NC(=O)C5CC5)nn34)CC2)c1. The van der Waals surface area contributed by atoms with Crippen LogP contribution >= 0.6 is 0 Å². The summed E-state index contributed by atoms with van der Waals surface area (Å²) < 4.78 is 1.81. The molecule has 1 saturated carbocycles. The van der Waals surface area contributed by atoms with Gasteiger partial charge in [0, 0.05) is 38.6 Å². The fourth-order valence-electron chi connectivity index (χ4n) is 3.87. The summed E-state index contributed by atoms with van der Waals surface area (Å²) in [5.74, 6) is 1.49. The highest BCUT2D eigenvalue weighted by molar-refractivity contribution is 5.92. The molecule has 8 nitrogen and oxygen atoms in total. The monoisotopic (exact) mass is 401 g/mol. The van der Waals surface area contributed by atoms with E-state index in [1.165, 1.54) is 0 Å². The lowest BCUT2D eigenvalue weighted by Gasteiger charge is -2.35. The molecule has 0 spiro atoms. The number of hydrogen-bond acceptors (Lipinski definition) is 6. The molecule has 2 aliphatic rings. The van der Waals surface area contributed by atoms with Crippen LogP contribution in [0.5, 0.6) is 0 Å². The highest BCUT2D eigenvalue weighted by atomic mass is 16.2. The molecule has 1 aromatic carbocycles. The van der Waals surface area contributed by atoms with Crippen LogP contribution in [0.25, 0.3) is 5.65 Å². The third-order valence-corrected chi connectivity index (χ3v) is 5.68. The Morgan fingerprint density at radius 3 is 2.70 bits per heavy atom. The molecule has 8 heteroatoms. The molecule has 1 amide bonds. The van der Waals surface area contributed by atoms with Crippen molar-refractivity contribution in [2.24, 2.45) is 5.92 Å². The van der Waals surface area contributed by atoms with Crippen molar-refractivity contribution in [2.75, 3.05) is 36.4 Å². The van der Waals surface area contributed by atoms with Crippen molar-refractivity contribution in [3.8, 4) is 6.07 Å². The van der Waals surface area contributed by atoms with E-state index in [1.807, 2.05) is 40.9 Å². The van der Waals surface area contributed by atoms with Crippen molar-refractivity contribution < 1.29 is 4.79 Å². The number of piperazine rings is 1. The van der Waals surface area contributed by atoms with Gasteiger partial charge in [-0.1, -0.05) is 18.2 Å². The summed E-state index contributed by atoms with van der Waals surface area (Å²) in [6.45, 7) is 4.44. The van der Waals surface area contributed by atoms with Crippen LogP contribution < -0.4 is 10.2 Å². The zero-order chi connectivity index (χ0) is 20.5. The minimum atomic E-state index is 0.0153. The van der Waals surface area contributed by atoms with E-state index in [2.05, 4.69) is 37.3 Å². The molecule has 152 valence electrons. The van der Waals surface area contributed by atoms with Gasteiger partial charge in [0.1, 0.15) is 5.82 Å². The Morgan fingerprint density at radius 2 is 1.93 bits per heavy atom. The van der Waals surface area contributed by atoms with E-state index in [9.17, 15) is 4.79 Å². The van der Waals surface area contributed by atoms with Crippen molar-refractivity contribution in [2.45, 2.75) is 19.4 Å². The third kappa shape index (κ3) is 3.84. The van der Waals surface area contributed by atoms with E-state index in [-0.39, 0.29) is 11.8 Å². The van der Waals surface area contributed by atoms with Gasteiger partial charge in [0.2, 0.25) is 11.9 Å². The van der Waals surface area contributed by atoms with E-state index in [4.69, 9.17) is 5.26 Å². The first-order chi connectivity index (χ1) is 14.7. The van der Waals surface area contributed by atoms with Crippen LogP contribution in [0.4, 0.5) is 11.8 Å². The highest BCUT2D eigenvalue weighted by Crippen LogP contribution is 2.30. The van der Waals surface area contributed by atoms with Gasteiger partial charge >= 0.3 is 0 Å². The Morgan fingerprint density at radius 1 is 1.13 bits per heavy atom. The number of carbonyl (C=O) groups is 1.